The number of nitrogens with two attached hydrogens (primary N) is 1. The molecule has 0 saturated carbocycles. The summed E-state index contributed by atoms with van der Waals surface area (Å²) in [5.74, 6) is 0.0417. The smallest absolute Gasteiger partial charge is 0.246 e. The van der Waals surface area contributed by atoms with E-state index in [0.717, 1.165) is 25.1 Å². The van der Waals surface area contributed by atoms with Crippen LogP contribution >= 0.6 is 0 Å². The Kier molecular flexibility index (Phi) is 4.10. The first-order valence-corrected chi connectivity index (χ1v) is 6.32. The van der Waals surface area contributed by atoms with E-state index < -0.39 is 0 Å². The number of aromatic nitrogens is 1. The molecule has 2 N–H and O–H groups in total. The van der Waals surface area contributed by atoms with Crippen LogP contribution in [0.15, 0.2) is 30.5 Å². The molecule has 0 bridgehead atoms. The van der Waals surface area contributed by atoms with Gasteiger partial charge in [0.1, 0.15) is 0 Å². The van der Waals surface area contributed by atoms with Gasteiger partial charge in [0.05, 0.1) is 5.69 Å². The molecule has 1 aliphatic rings. The molecule has 1 aromatic rings. The molecule has 0 radical (unpaired) electrons. The van der Waals surface area contributed by atoms with Crippen LogP contribution in [0.4, 0.5) is 0 Å². The van der Waals surface area contributed by atoms with Gasteiger partial charge >= 0.3 is 0 Å². The molecule has 0 aliphatic carbocycles. The summed E-state index contributed by atoms with van der Waals surface area (Å²) in [6.45, 7) is 2.79. The van der Waals surface area contributed by atoms with Crippen LogP contribution in [0.1, 0.15) is 25.5 Å². The molecular formula is C14H19N3O. The van der Waals surface area contributed by atoms with E-state index in [4.69, 9.17) is 5.73 Å². The van der Waals surface area contributed by atoms with Crippen LogP contribution in [-0.4, -0.2) is 34.4 Å². The van der Waals surface area contributed by atoms with E-state index in [2.05, 4.69) is 4.98 Å². The third-order valence-corrected chi connectivity index (χ3v) is 3.28. The molecule has 1 amide bonds. The minimum atomic E-state index is 0.0417. The molecule has 1 saturated heterocycles. The predicted molar refractivity (Wildman–Crippen MR) is 71.7 cm³/mol. The third kappa shape index (κ3) is 3.17. The molecule has 2 atom stereocenters. The lowest BCUT2D eigenvalue weighted by atomic mass is 9.99. The molecular weight excluding hydrogens is 226 g/mol. The molecule has 1 aliphatic heterocycles. The first-order valence-electron chi connectivity index (χ1n) is 6.32. The van der Waals surface area contributed by atoms with Crippen LogP contribution in [0.25, 0.3) is 6.08 Å². The monoisotopic (exact) mass is 245 g/mol. The van der Waals surface area contributed by atoms with Crippen molar-refractivity contribution in [3.8, 4) is 0 Å². The van der Waals surface area contributed by atoms with Crippen molar-refractivity contribution < 1.29 is 4.79 Å². The van der Waals surface area contributed by atoms with Gasteiger partial charge in [0.25, 0.3) is 0 Å². The maximum Gasteiger partial charge on any atom is 0.246 e. The van der Waals surface area contributed by atoms with Gasteiger partial charge in [-0.3, -0.25) is 9.78 Å². The van der Waals surface area contributed by atoms with E-state index >= 15 is 0 Å². The van der Waals surface area contributed by atoms with Crippen LogP contribution in [0.2, 0.25) is 0 Å². The van der Waals surface area contributed by atoms with Crippen molar-refractivity contribution in [3.05, 3.63) is 36.2 Å². The number of carbonyl (C=O) groups excluding carboxylic acids is 1. The average molecular weight is 245 g/mol. The second-order valence-corrected chi connectivity index (χ2v) is 4.75. The molecule has 2 heterocycles. The first-order chi connectivity index (χ1) is 8.66. The highest BCUT2D eigenvalue weighted by Crippen LogP contribution is 2.16. The van der Waals surface area contributed by atoms with Crippen molar-refractivity contribution in [2.75, 3.05) is 6.54 Å². The molecule has 96 valence electrons. The molecule has 1 fully saturated rings. The van der Waals surface area contributed by atoms with Gasteiger partial charge in [0.2, 0.25) is 5.91 Å². The molecule has 18 heavy (non-hydrogen) atoms. The van der Waals surface area contributed by atoms with Crippen molar-refractivity contribution in [3.63, 3.8) is 0 Å². The predicted octanol–water partition coefficient (Wildman–Crippen LogP) is 1.43. The number of amides is 1. The number of piperidine rings is 1. The van der Waals surface area contributed by atoms with Gasteiger partial charge in [-0.1, -0.05) is 6.07 Å². The van der Waals surface area contributed by atoms with E-state index in [0.29, 0.717) is 0 Å². The standard InChI is InChI=1S/C14H19N3O/c1-11-10-12(15)7-9-17(11)14(18)6-5-13-4-2-3-8-16-13/h2-6,8,11-12H,7,9-10,15H2,1H3/b6-5+. The lowest BCUT2D eigenvalue weighted by Gasteiger charge is -2.35. The number of likely N-dealkylation sites (tertiary alicyclic amines) is 1. The number of nitrogens with zero attached hydrogens (tertiary/aromatic N) is 2. The summed E-state index contributed by atoms with van der Waals surface area (Å²) < 4.78 is 0. The second kappa shape index (κ2) is 5.78. The van der Waals surface area contributed by atoms with Crippen molar-refractivity contribution >= 4 is 12.0 Å². The van der Waals surface area contributed by atoms with E-state index in [1.807, 2.05) is 30.0 Å². The number of pyridine rings is 1. The zero-order chi connectivity index (χ0) is 13.0. The minimum Gasteiger partial charge on any atom is -0.336 e. The number of hydrogen-bond donors (Lipinski definition) is 1. The Morgan fingerprint density at radius 2 is 2.39 bits per heavy atom. The topological polar surface area (TPSA) is 59.2 Å². The quantitative estimate of drug-likeness (QED) is 0.802. The molecule has 0 spiro atoms. The lowest BCUT2D eigenvalue weighted by molar-refractivity contribution is -0.129. The maximum atomic E-state index is 12.1. The largest absolute Gasteiger partial charge is 0.336 e. The summed E-state index contributed by atoms with van der Waals surface area (Å²) in [7, 11) is 0. The Morgan fingerprint density at radius 1 is 1.56 bits per heavy atom. The zero-order valence-corrected chi connectivity index (χ0v) is 10.6. The zero-order valence-electron chi connectivity index (χ0n) is 10.6. The Bertz CT molecular complexity index is 430. The Labute approximate surface area is 108 Å². The summed E-state index contributed by atoms with van der Waals surface area (Å²) >= 11 is 0. The summed E-state index contributed by atoms with van der Waals surface area (Å²) in [6.07, 6.45) is 6.82. The van der Waals surface area contributed by atoms with Gasteiger partial charge in [-0.05, 0) is 38.0 Å². The lowest BCUT2D eigenvalue weighted by Crippen LogP contribution is -2.47. The number of hydrogen-bond acceptors (Lipinski definition) is 3. The molecule has 2 unspecified atom stereocenters. The second-order valence-electron chi connectivity index (χ2n) is 4.75. The van der Waals surface area contributed by atoms with Crippen molar-refractivity contribution in [1.82, 2.24) is 9.88 Å². The number of rotatable bonds is 2. The van der Waals surface area contributed by atoms with Crippen LogP contribution in [0.3, 0.4) is 0 Å². The van der Waals surface area contributed by atoms with E-state index in [1.54, 1.807) is 18.3 Å². The van der Waals surface area contributed by atoms with Gasteiger partial charge in [-0.2, -0.15) is 0 Å². The molecule has 4 nitrogen and oxygen atoms in total. The third-order valence-electron chi connectivity index (χ3n) is 3.28. The maximum absolute atomic E-state index is 12.1. The van der Waals surface area contributed by atoms with Gasteiger partial charge in [-0.25, -0.2) is 0 Å². The van der Waals surface area contributed by atoms with Crippen molar-refractivity contribution in [1.29, 1.82) is 0 Å². The van der Waals surface area contributed by atoms with Gasteiger partial charge in [0.15, 0.2) is 0 Å². The fraction of sp³-hybridized carbons (Fsp3) is 0.429. The summed E-state index contributed by atoms with van der Waals surface area (Å²) in [6, 6.07) is 6.07. The van der Waals surface area contributed by atoms with E-state index in [9.17, 15) is 4.79 Å². The van der Waals surface area contributed by atoms with Crippen LogP contribution in [0, 0.1) is 0 Å². The molecule has 4 heteroatoms. The Morgan fingerprint density at radius 3 is 3.06 bits per heavy atom. The average Bonchev–Trinajstić information content (AvgIpc) is 2.37. The van der Waals surface area contributed by atoms with Gasteiger partial charge < -0.3 is 10.6 Å². The Balaban J connectivity index is 1.98. The van der Waals surface area contributed by atoms with E-state index in [1.165, 1.54) is 0 Å². The van der Waals surface area contributed by atoms with Gasteiger partial charge in [0, 0.05) is 30.9 Å². The Hall–Kier alpha value is -1.68. The summed E-state index contributed by atoms with van der Waals surface area (Å²) in [5, 5.41) is 0. The van der Waals surface area contributed by atoms with Gasteiger partial charge in [-0.15, -0.1) is 0 Å². The fourth-order valence-electron chi connectivity index (χ4n) is 2.26. The van der Waals surface area contributed by atoms with Crippen LogP contribution in [0.5, 0.6) is 0 Å². The van der Waals surface area contributed by atoms with Crippen molar-refractivity contribution in [2.24, 2.45) is 5.73 Å². The normalized spacial score (nSPS) is 24.4. The first kappa shape index (κ1) is 12.8. The highest BCUT2D eigenvalue weighted by atomic mass is 16.2. The van der Waals surface area contributed by atoms with Crippen molar-refractivity contribution in [2.45, 2.75) is 31.8 Å². The van der Waals surface area contributed by atoms with Crippen LogP contribution in [-0.2, 0) is 4.79 Å². The molecule has 2 rings (SSSR count). The highest BCUT2D eigenvalue weighted by Gasteiger charge is 2.25. The van der Waals surface area contributed by atoms with E-state index in [-0.39, 0.29) is 18.0 Å². The SMILES string of the molecule is CC1CC(N)CCN1C(=O)/C=C/c1ccccn1. The summed E-state index contributed by atoms with van der Waals surface area (Å²) in [5.41, 5.74) is 6.68. The molecule has 1 aromatic heterocycles. The van der Waals surface area contributed by atoms with Crippen LogP contribution < -0.4 is 5.73 Å². The highest BCUT2D eigenvalue weighted by molar-refractivity contribution is 5.91. The minimum absolute atomic E-state index is 0.0417. The molecule has 0 aromatic carbocycles. The fourth-order valence-corrected chi connectivity index (χ4v) is 2.26. The summed E-state index contributed by atoms with van der Waals surface area (Å²) in [4.78, 5) is 18.1. The number of carbonyl (C=O) groups is 1.